The smallest absolute Gasteiger partial charge is 0.166 e. The first-order valence-corrected chi connectivity index (χ1v) is 5.67. The van der Waals surface area contributed by atoms with E-state index in [2.05, 4.69) is 4.98 Å². The number of fused-ring (bicyclic) bond motifs is 1. The van der Waals surface area contributed by atoms with Crippen LogP contribution in [-0.2, 0) is 6.61 Å². The molecule has 5 nitrogen and oxygen atoms in total. The number of hydrogen-bond acceptors (Lipinski definition) is 3. The molecule has 0 unspecified atom stereocenters. The first-order valence-electron chi connectivity index (χ1n) is 5.67. The molecule has 0 saturated heterocycles. The first kappa shape index (κ1) is 10.6. The minimum Gasteiger partial charge on any atom is -0.406 e. The van der Waals surface area contributed by atoms with Crippen molar-refractivity contribution in [2.75, 3.05) is 11.5 Å². The van der Waals surface area contributed by atoms with Crippen LogP contribution < -0.4 is 16.3 Å². The molecule has 3 aromatic rings. The van der Waals surface area contributed by atoms with Gasteiger partial charge in [-0.15, -0.1) is 4.73 Å². The predicted molar refractivity (Wildman–Crippen MR) is 71.8 cm³/mol. The highest BCUT2D eigenvalue weighted by molar-refractivity contribution is 5.96. The van der Waals surface area contributed by atoms with Crippen LogP contribution in [0.3, 0.4) is 0 Å². The lowest BCUT2D eigenvalue weighted by Crippen LogP contribution is -2.14. The maximum Gasteiger partial charge on any atom is 0.166 e. The average Bonchev–Trinajstić information content (AvgIpc) is 2.95. The van der Waals surface area contributed by atoms with Crippen molar-refractivity contribution in [2.24, 2.45) is 0 Å². The molecule has 5 N–H and O–H groups in total. The lowest BCUT2D eigenvalue weighted by molar-refractivity contribution is 0.111. The monoisotopic (exact) mass is 242 g/mol. The van der Waals surface area contributed by atoms with Crippen LogP contribution in [0.4, 0.5) is 11.5 Å². The number of anilines is 2. The van der Waals surface area contributed by atoms with E-state index in [0.29, 0.717) is 18.1 Å². The van der Waals surface area contributed by atoms with Gasteiger partial charge in [0.25, 0.3) is 0 Å². The van der Waals surface area contributed by atoms with Gasteiger partial charge in [-0.3, -0.25) is 0 Å². The predicted octanol–water partition coefficient (Wildman–Crippen LogP) is 1.76. The Hall–Kier alpha value is -2.56. The van der Waals surface area contributed by atoms with E-state index in [4.69, 9.17) is 16.3 Å². The van der Waals surface area contributed by atoms with Crippen LogP contribution in [0.1, 0.15) is 5.56 Å². The van der Waals surface area contributed by atoms with Crippen LogP contribution in [0, 0.1) is 0 Å². The molecule has 92 valence electrons. The molecule has 0 aliphatic heterocycles. The Balaban J connectivity index is 1.91. The van der Waals surface area contributed by atoms with Gasteiger partial charge in [-0.2, -0.15) is 0 Å². The molecule has 1 aromatic carbocycles. The van der Waals surface area contributed by atoms with Crippen molar-refractivity contribution in [2.45, 2.75) is 6.61 Å². The van der Waals surface area contributed by atoms with E-state index in [1.165, 1.54) is 4.73 Å². The highest BCUT2D eigenvalue weighted by atomic mass is 16.7. The Morgan fingerprint density at radius 3 is 2.67 bits per heavy atom. The zero-order chi connectivity index (χ0) is 12.5. The molecule has 0 fully saturated rings. The molecule has 0 bridgehead atoms. The number of aromatic nitrogens is 2. The number of nitrogens with two attached hydrogens (primary N) is 2. The summed E-state index contributed by atoms with van der Waals surface area (Å²) >= 11 is 0. The van der Waals surface area contributed by atoms with Crippen LogP contribution in [0.5, 0.6) is 0 Å². The minimum absolute atomic E-state index is 0.424. The topological polar surface area (TPSA) is 82.0 Å². The van der Waals surface area contributed by atoms with Gasteiger partial charge < -0.3 is 21.3 Å². The number of nitrogen functional groups attached to an aromatic ring is 2. The van der Waals surface area contributed by atoms with E-state index in [-0.39, 0.29) is 0 Å². The Kier molecular flexibility index (Phi) is 2.37. The Labute approximate surface area is 104 Å². The molecule has 2 aromatic heterocycles. The highest BCUT2D eigenvalue weighted by Crippen LogP contribution is 2.28. The Morgan fingerprint density at radius 1 is 1.11 bits per heavy atom. The zero-order valence-corrected chi connectivity index (χ0v) is 9.76. The summed E-state index contributed by atoms with van der Waals surface area (Å²) in [6.45, 7) is 0.438. The van der Waals surface area contributed by atoms with Crippen molar-refractivity contribution in [1.82, 2.24) is 9.71 Å². The molecule has 0 aliphatic carbocycles. The second-order valence-corrected chi connectivity index (χ2v) is 4.09. The molecular weight excluding hydrogens is 228 g/mol. The van der Waals surface area contributed by atoms with Crippen molar-refractivity contribution in [3.8, 4) is 0 Å². The van der Waals surface area contributed by atoms with Crippen molar-refractivity contribution >= 4 is 22.5 Å². The molecular formula is C13H14N4O. The molecule has 5 heteroatoms. The van der Waals surface area contributed by atoms with E-state index >= 15 is 0 Å². The van der Waals surface area contributed by atoms with Gasteiger partial charge in [0.05, 0.1) is 5.69 Å². The summed E-state index contributed by atoms with van der Waals surface area (Å²) < 4.78 is 1.54. The second kappa shape index (κ2) is 4.03. The third kappa shape index (κ3) is 1.57. The fourth-order valence-electron chi connectivity index (χ4n) is 1.96. The second-order valence-electron chi connectivity index (χ2n) is 4.09. The molecule has 0 aliphatic rings. The molecule has 0 atom stereocenters. The quantitative estimate of drug-likeness (QED) is 0.654. The van der Waals surface area contributed by atoms with Crippen LogP contribution in [-0.4, -0.2) is 9.71 Å². The van der Waals surface area contributed by atoms with Crippen molar-refractivity contribution in [3.05, 3.63) is 48.2 Å². The summed E-state index contributed by atoms with van der Waals surface area (Å²) in [5, 5.41) is 0.876. The van der Waals surface area contributed by atoms with Crippen LogP contribution >= 0.6 is 0 Å². The summed E-state index contributed by atoms with van der Waals surface area (Å²) in [6.07, 6.45) is 1.81. The summed E-state index contributed by atoms with van der Waals surface area (Å²) in [7, 11) is 0. The molecule has 18 heavy (non-hydrogen) atoms. The van der Waals surface area contributed by atoms with E-state index in [1.807, 2.05) is 42.6 Å². The third-order valence-corrected chi connectivity index (χ3v) is 2.92. The van der Waals surface area contributed by atoms with Gasteiger partial charge in [0, 0.05) is 11.6 Å². The lowest BCUT2D eigenvalue weighted by atomic mass is 10.2. The van der Waals surface area contributed by atoms with E-state index in [0.717, 1.165) is 16.6 Å². The van der Waals surface area contributed by atoms with Gasteiger partial charge >= 0.3 is 0 Å². The van der Waals surface area contributed by atoms with E-state index in [9.17, 15) is 0 Å². The number of aromatic amines is 1. The normalized spacial score (nSPS) is 10.9. The summed E-state index contributed by atoms with van der Waals surface area (Å²) in [4.78, 5) is 8.76. The van der Waals surface area contributed by atoms with E-state index < -0.39 is 0 Å². The SMILES string of the molecule is Nc1c(N)n(OCc2ccccc2)c2[nH]ccc12. The number of hydrogen-bond donors (Lipinski definition) is 3. The summed E-state index contributed by atoms with van der Waals surface area (Å²) in [5.74, 6) is 0.424. The van der Waals surface area contributed by atoms with Crippen molar-refractivity contribution < 1.29 is 4.84 Å². The maximum absolute atomic E-state index is 5.92. The van der Waals surface area contributed by atoms with Gasteiger partial charge in [0.1, 0.15) is 6.61 Å². The molecule has 0 saturated carbocycles. The fourth-order valence-corrected chi connectivity index (χ4v) is 1.96. The summed E-state index contributed by atoms with van der Waals surface area (Å²) in [6, 6.07) is 11.8. The molecule has 0 spiro atoms. The van der Waals surface area contributed by atoms with Gasteiger partial charge in [0.15, 0.2) is 11.5 Å². The highest BCUT2D eigenvalue weighted by Gasteiger charge is 2.14. The van der Waals surface area contributed by atoms with Crippen LogP contribution in [0.2, 0.25) is 0 Å². The number of H-pyrrole nitrogens is 1. The van der Waals surface area contributed by atoms with E-state index in [1.54, 1.807) is 0 Å². The zero-order valence-electron chi connectivity index (χ0n) is 9.76. The number of nitrogens with one attached hydrogen (secondary N) is 1. The van der Waals surface area contributed by atoms with Gasteiger partial charge in [0.2, 0.25) is 0 Å². The first-order chi connectivity index (χ1) is 8.77. The molecule has 2 heterocycles. The van der Waals surface area contributed by atoms with Crippen LogP contribution in [0.15, 0.2) is 42.6 Å². The number of benzene rings is 1. The fraction of sp³-hybridized carbons (Fsp3) is 0.0769. The van der Waals surface area contributed by atoms with Crippen LogP contribution in [0.25, 0.3) is 11.0 Å². The summed E-state index contributed by atoms with van der Waals surface area (Å²) in [5.41, 5.74) is 14.2. The standard InChI is InChI=1S/C13H14N4O/c14-11-10-6-7-16-13(10)17(12(11)15)18-8-9-4-2-1-3-5-9/h1-7,16H,8,14-15H2. The number of nitrogens with zero attached hydrogens (tertiary/aromatic N) is 1. The Morgan fingerprint density at radius 2 is 1.89 bits per heavy atom. The third-order valence-electron chi connectivity index (χ3n) is 2.92. The van der Waals surface area contributed by atoms with Crippen molar-refractivity contribution in [3.63, 3.8) is 0 Å². The largest absolute Gasteiger partial charge is 0.406 e. The molecule has 3 rings (SSSR count). The maximum atomic E-state index is 5.92. The lowest BCUT2D eigenvalue weighted by Gasteiger charge is -2.09. The minimum atomic E-state index is 0.424. The molecule has 0 amide bonds. The average molecular weight is 242 g/mol. The van der Waals surface area contributed by atoms with Crippen molar-refractivity contribution in [1.29, 1.82) is 0 Å². The Bertz CT molecular complexity index is 669. The van der Waals surface area contributed by atoms with Gasteiger partial charge in [-0.1, -0.05) is 30.3 Å². The van der Waals surface area contributed by atoms with Gasteiger partial charge in [-0.05, 0) is 11.6 Å². The number of rotatable bonds is 3. The van der Waals surface area contributed by atoms with Gasteiger partial charge in [-0.25, -0.2) is 0 Å². The molecule has 0 radical (unpaired) electrons.